The highest BCUT2D eigenvalue weighted by Gasteiger charge is 2.36. The molecule has 0 radical (unpaired) electrons. The van der Waals surface area contributed by atoms with Crippen LogP contribution < -0.4 is 5.32 Å². The van der Waals surface area contributed by atoms with E-state index in [1.165, 1.54) is 4.31 Å². The number of nitrogens with one attached hydrogen (secondary N) is 1. The van der Waals surface area contributed by atoms with Gasteiger partial charge in [-0.05, 0) is 38.9 Å². The zero-order valence-corrected chi connectivity index (χ0v) is 14.5. The van der Waals surface area contributed by atoms with Crippen molar-refractivity contribution in [3.63, 3.8) is 0 Å². The molecule has 1 fully saturated rings. The van der Waals surface area contributed by atoms with Crippen LogP contribution in [0.4, 0.5) is 0 Å². The molecule has 0 bridgehead atoms. The molecular weight excluding hydrogens is 308 g/mol. The number of hydrogen-bond acceptors (Lipinski definition) is 5. The molecule has 1 aliphatic heterocycles. The maximum Gasteiger partial charge on any atom is 0.276 e. The fourth-order valence-corrected chi connectivity index (χ4v) is 5.13. The van der Waals surface area contributed by atoms with Gasteiger partial charge in [-0.25, -0.2) is 8.42 Å². The van der Waals surface area contributed by atoms with E-state index in [1.54, 1.807) is 12.1 Å². The van der Waals surface area contributed by atoms with Gasteiger partial charge in [0.2, 0.25) is 5.09 Å². The molecule has 120 valence electrons. The highest BCUT2D eigenvalue weighted by Crippen LogP contribution is 2.32. The van der Waals surface area contributed by atoms with Crippen LogP contribution in [0.25, 0.3) is 0 Å². The van der Waals surface area contributed by atoms with E-state index in [9.17, 15) is 8.42 Å². The maximum atomic E-state index is 12.6. The van der Waals surface area contributed by atoms with E-state index in [0.29, 0.717) is 25.4 Å². The van der Waals surface area contributed by atoms with Crippen molar-refractivity contribution in [1.29, 1.82) is 0 Å². The van der Waals surface area contributed by atoms with Gasteiger partial charge in [-0.3, -0.25) is 0 Å². The monoisotopic (exact) mass is 332 g/mol. The Balaban J connectivity index is 2.09. The van der Waals surface area contributed by atoms with Crippen LogP contribution in [0.3, 0.4) is 0 Å². The van der Waals surface area contributed by atoms with Crippen LogP contribution in [0, 0.1) is 0 Å². The van der Waals surface area contributed by atoms with E-state index in [-0.39, 0.29) is 9.84 Å². The maximum absolute atomic E-state index is 12.6. The first kappa shape index (κ1) is 16.9. The summed E-state index contributed by atoms with van der Waals surface area (Å²) >= 11 is 1.81. The molecule has 1 aromatic heterocycles. The van der Waals surface area contributed by atoms with E-state index in [1.807, 2.05) is 11.8 Å². The van der Waals surface area contributed by atoms with Crippen molar-refractivity contribution in [3.8, 4) is 0 Å². The predicted molar refractivity (Wildman–Crippen MR) is 86.0 cm³/mol. The van der Waals surface area contributed by atoms with Crippen molar-refractivity contribution in [2.75, 3.05) is 25.4 Å². The molecule has 21 heavy (non-hydrogen) atoms. The Bertz CT molecular complexity index is 567. The average molecular weight is 332 g/mol. The van der Waals surface area contributed by atoms with Crippen LogP contribution in [0.15, 0.2) is 21.6 Å². The lowest BCUT2D eigenvalue weighted by Crippen LogP contribution is -2.45. The third-order valence-electron chi connectivity index (χ3n) is 3.35. The number of thioether (sulfide) groups is 1. The third kappa shape index (κ3) is 4.25. The molecular formula is C14H24N2O3S2. The van der Waals surface area contributed by atoms with Gasteiger partial charge >= 0.3 is 0 Å². The first-order chi connectivity index (χ1) is 9.85. The van der Waals surface area contributed by atoms with E-state index in [2.05, 4.69) is 26.1 Å². The fraction of sp³-hybridized carbons (Fsp3) is 0.714. The molecule has 1 aliphatic rings. The summed E-state index contributed by atoms with van der Waals surface area (Å²) in [4.78, 5) is 0. The first-order valence-electron chi connectivity index (χ1n) is 7.29. The van der Waals surface area contributed by atoms with Crippen LogP contribution >= 0.6 is 11.8 Å². The van der Waals surface area contributed by atoms with Crippen molar-refractivity contribution in [2.45, 2.75) is 43.6 Å². The van der Waals surface area contributed by atoms with Gasteiger partial charge in [0.15, 0.2) is 0 Å². The molecule has 5 nitrogen and oxygen atoms in total. The molecule has 2 rings (SSSR count). The van der Waals surface area contributed by atoms with E-state index >= 15 is 0 Å². The molecule has 1 N–H and O–H groups in total. The predicted octanol–water partition coefficient (Wildman–Crippen LogP) is 2.30. The van der Waals surface area contributed by atoms with Crippen molar-refractivity contribution in [2.24, 2.45) is 0 Å². The second kappa shape index (κ2) is 6.73. The highest BCUT2D eigenvalue weighted by atomic mass is 32.2. The standard InChI is InChI=1S/C14H24N2O3S2/c1-4-7-15-10-12-5-6-13(19-12)21(17,18)16-8-9-20-14(2,3)11-16/h5-6,15H,4,7-11H2,1-3H3. The van der Waals surface area contributed by atoms with Crippen LogP contribution in [-0.2, 0) is 16.6 Å². The zero-order valence-electron chi connectivity index (χ0n) is 12.9. The van der Waals surface area contributed by atoms with Gasteiger partial charge in [-0.15, -0.1) is 0 Å². The van der Waals surface area contributed by atoms with E-state index in [4.69, 9.17) is 4.42 Å². The lowest BCUT2D eigenvalue weighted by molar-refractivity contribution is 0.352. The molecule has 0 aliphatic carbocycles. The second-order valence-electron chi connectivity index (χ2n) is 5.84. The summed E-state index contributed by atoms with van der Waals surface area (Å²) in [7, 11) is -3.52. The van der Waals surface area contributed by atoms with Gasteiger partial charge in [0.05, 0.1) is 6.54 Å². The summed E-state index contributed by atoms with van der Waals surface area (Å²) in [6.07, 6.45) is 1.03. The molecule has 0 atom stereocenters. The van der Waals surface area contributed by atoms with Crippen molar-refractivity contribution < 1.29 is 12.8 Å². The average Bonchev–Trinajstić information content (AvgIpc) is 2.87. The topological polar surface area (TPSA) is 62.6 Å². The number of nitrogens with zero attached hydrogens (tertiary/aromatic N) is 1. The molecule has 0 spiro atoms. The molecule has 0 amide bonds. The van der Waals surface area contributed by atoms with Crippen molar-refractivity contribution >= 4 is 21.8 Å². The summed E-state index contributed by atoms with van der Waals surface area (Å²) in [5, 5.41) is 3.26. The van der Waals surface area contributed by atoms with Crippen molar-refractivity contribution in [3.05, 3.63) is 17.9 Å². The number of rotatable bonds is 6. The molecule has 0 saturated carbocycles. The van der Waals surface area contributed by atoms with Gasteiger partial charge in [-0.1, -0.05) is 6.92 Å². The Hall–Kier alpha value is -0.500. The third-order valence-corrected chi connectivity index (χ3v) is 6.36. The van der Waals surface area contributed by atoms with Gasteiger partial charge in [0.1, 0.15) is 5.76 Å². The van der Waals surface area contributed by atoms with E-state index in [0.717, 1.165) is 18.7 Å². The molecule has 1 saturated heterocycles. The van der Waals surface area contributed by atoms with Gasteiger partial charge < -0.3 is 9.73 Å². The minimum Gasteiger partial charge on any atom is -0.447 e. The number of sulfonamides is 1. The molecule has 0 aromatic carbocycles. The minimum absolute atomic E-state index is 0.0522. The Morgan fingerprint density at radius 3 is 2.86 bits per heavy atom. The molecule has 0 unspecified atom stereocenters. The van der Waals surface area contributed by atoms with Crippen LogP contribution in [-0.4, -0.2) is 42.9 Å². The van der Waals surface area contributed by atoms with E-state index < -0.39 is 10.0 Å². The fourth-order valence-electron chi connectivity index (χ4n) is 2.29. The van der Waals surface area contributed by atoms with Gasteiger partial charge in [0, 0.05) is 23.6 Å². The van der Waals surface area contributed by atoms with Crippen LogP contribution in [0.5, 0.6) is 0 Å². The summed E-state index contributed by atoms with van der Waals surface area (Å²) < 4.78 is 32.2. The largest absolute Gasteiger partial charge is 0.447 e. The van der Waals surface area contributed by atoms with Crippen molar-refractivity contribution in [1.82, 2.24) is 9.62 Å². The number of furan rings is 1. The minimum atomic E-state index is -3.52. The molecule has 7 heteroatoms. The summed E-state index contributed by atoms with van der Waals surface area (Å²) in [6.45, 7) is 8.74. The quantitative estimate of drug-likeness (QED) is 0.810. The number of hydrogen-bond donors (Lipinski definition) is 1. The van der Waals surface area contributed by atoms with Gasteiger partial charge in [-0.2, -0.15) is 16.1 Å². The second-order valence-corrected chi connectivity index (χ2v) is 9.52. The zero-order chi connectivity index (χ0) is 15.5. The summed E-state index contributed by atoms with van der Waals surface area (Å²) in [5.41, 5.74) is 0. The van der Waals surface area contributed by atoms with Crippen LogP contribution in [0.2, 0.25) is 0 Å². The Morgan fingerprint density at radius 1 is 1.43 bits per heavy atom. The highest BCUT2D eigenvalue weighted by molar-refractivity contribution is 8.00. The molecule has 1 aromatic rings. The molecule has 2 heterocycles. The SMILES string of the molecule is CCCNCc1ccc(S(=O)(=O)N2CCSC(C)(C)C2)o1. The first-order valence-corrected chi connectivity index (χ1v) is 9.71. The van der Waals surface area contributed by atoms with Crippen LogP contribution in [0.1, 0.15) is 33.0 Å². The lowest BCUT2D eigenvalue weighted by atomic mass is 10.2. The lowest BCUT2D eigenvalue weighted by Gasteiger charge is -2.36. The normalized spacial score (nSPS) is 19.8. The Morgan fingerprint density at radius 2 is 2.19 bits per heavy atom. The summed E-state index contributed by atoms with van der Waals surface area (Å²) in [6, 6.07) is 3.30. The Labute approximate surface area is 131 Å². The smallest absolute Gasteiger partial charge is 0.276 e. The Kier molecular flexibility index (Phi) is 5.40. The summed E-state index contributed by atoms with van der Waals surface area (Å²) in [5.74, 6) is 1.48. The van der Waals surface area contributed by atoms with Gasteiger partial charge in [0.25, 0.3) is 10.0 Å².